The molecule has 0 radical (unpaired) electrons. The molecule has 2 heterocycles. The lowest BCUT2D eigenvalue weighted by molar-refractivity contribution is -0.140. The Balaban J connectivity index is 1.91. The number of ether oxygens (including phenoxy) is 2. The van der Waals surface area contributed by atoms with E-state index in [4.69, 9.17) is 44.3 Å². The van der Waals surface area contributed by atoms with Crippen LogP contribution < -0.4 is 14.9 Å². The molecule has 0 saturated heterocycles. The highest BCUT2D eigenvalue weighted by molar-refractivity contribution is 7.07. The molecule has 0 spiro atoms. The molecule has 3 aromatic rings. The summed E-state index contributed by atoms with van der Waals surface area (Å²) in [6.45, 7) is 2.04. The number of hydrogen-bond acceptors (Lipinski definition) is 6. The van der Waals surface area contributed by atoms with Crippen molar-refractivity contribution in [1.29, 1.82) is 0 Å². The molecule has 176 valence electrons. The summed E-state index contributed by atoms with van der Waals surface area (Å²) in [6, 6.07) is 11.4. The Hall–Kier alpha value is -2.42. The van der Waals surface area contributed by atoms with Crippen molar-refractivity contribution in [3.63, 3.8) is 0 Å². The normalized spacial score (nSPS) is 15.8. The van der Waals surface area contributed by atoms with Crippen molar-refractivity contribution in [2.75, 3.05) is 20.3 Å². The molecule has 1 aromatic heterocycles. The first-order valence-corrected chi connectivity index (χ1v) is 12.1. The van der Waals surface area contributed by atoms with Crippen LogP contribution in [0, 0.1) is 0 Å². The minimum Gasteiger partial charge on any atom is -0.460 e. The minimum atomic E-state index is -0.795. The standard InChI is InChI=1S/C24H19Cl3N2O4S/c1-13-20(23(31)33-10-9-32-2)21(15-5-3-4-6-16(15)25)29-22(30)19(34-24(29)28-13)12-14-7-8-17(26)18(27)11-14/h3-8,11-12,21H,9-10H2,1-2H3. The second kappa shape index (κ2) is 10.5. The highest BCUT2D eigenvalue weighted by atomic mass is 35.5. The van der Waals surface area contributed by atoms with E-state index in [2.05, 4.69) is 4.99 Å². The molecule has 1 aliphatic rings. The van der Waals surface area contributed by atoms with E-state index in [1.165, 1.54) is 23.0 Å². The molecule has 10 heteroatoms. The average Bonchev–Trinajstić information content (AvgIpc) is 3.10. The van der Waals surface area contributed by atoms with Gasteiger partial charge in [-0.05, 0) is 42.3 Å². The zero-order chi connectivity index (χ0) is 24.4. The minimum absolute atomic E-state index is 0.0725. The summed E-state index contributed by atoms with van der Waals surface area (Å²) >= 11 is 19.9. The molecule has 0 fully saturated rings. The Morgan fingerprint density at radius 1 is 1.12 bits per heavy atom. The smallest absolute Gasteiger partial charge is 0.338 e. The molecule has 1 aliphatic heterocycles. The predicted octanol–water partition coefficient (Wildman–Crippen LogP) is 4.39. The van der Waals surface area contributed by atoms with Gasteiger partial charge in [0.15, 0.2) is 4.80 Å². The van der Waals surface area contributed by atoms with Crippen LogP contribution in [0.4, 0.5) is 0 Å². The van der Waals surface area contributed by atoms with E-state index < -0.39 is 12.0 Å². The first-order chi connectivity index (χ1) is 16.3. The largest absolute Gasteiger partial charge is 0.460 e. The van der Waals surface area contributed by atoms with Gasteiger partial charge in [-0.25, -0.2) is 9.79 Å². The number of nitrogens with zero attached hydrogens (tertiary/aromatic N) is 2. The monoisotopic (exact) mass is 536 g/mol. The number of methoxy groups -OCH3 is 1. The van der Waals surface area contributed by atoms with Crippen molar-refractivity contribution in [3.8, 4) is 0 Å². The number of thiazole rings is 1. The molecule has 0 amide bonds. The van der Waals surface area contributed by atoms with Crippen LogP contribution in [-0.2, 0) is 14.3 Å². The van der Waals surface area contributed by atoms with Crippen LogP contribution in [-0.4, -0.2) is 30.9 Å². The van der Waals surface area contributed by atoms with Gasteiger partial charge in [0.05, 0.1) is 32.5 Å². The summed E-state index contributed by atoms with van der Waals surface area (Å²) < 4.78 is 12.3. The highest BCUT2D eigenvalue weighted by Crippen LogP contribution is 2.34. The van der Waals surface area contributed by atoms with Crippen LogP contribution in [0.25, 0.3) is 6.08 Å². The van der Waals surface area contributed by atoms with Crippen molar-refractivity contribution >= 4 is 58.2 Å². The number of rotatable bonds is 6. The summed E-state index contributed by atoms with van der Waals surface area (Å²) in [5, 5.41) is 1.23. The van der Waals surface area contributed by atoms with Gasteiger partial charge in [0.25, 0.3) is 5.56 Å². The fourth-order valence-electron chi connectivity index (χ4n) is 3.62. The Kier molecular flexibility index (Phi) is 7.60. The Bertz CT molecular complexity index is 1480. The molecule has 1 atom stereocenters. The SMILES string of the molecule is COCCOC(=O)C1=C(C)N=c2sc(=Cc3ccc(Cl)c(Cl)c3)c(=O)n2C1c1ccccc1Cl. The number of fused-ring (bicyclic) bond motifs is 1. The Morgan fingerprint density at radius 3 is 2.59 bits per heavy atom. The zero-order valence-electron chi connectivity index (χ0n) is 18.2. The lowest BCUT2D eigenvalue weighted by Crippen LogP contribution is -2.40. The number of benzene rings is 2. The maximum absolute atomic E-state index is 13.6. The van der Waals surface area contributed by atoms with E-state index in [0.717, 1.165) is 0 Å². The summed E-state index contributed by atoms with van der Waals surface area (Å²) in [5.41, 5.74) is 1.70. The van der Waals surface area contributed by atoms with E-state index in [1.807, 2.05) is 0 Å². The van der Waals surface area contributed by atoms with Crippen molar-refractivity contribution in [1.82, 2.24) is 4.57 Å². The fourth-order valence-corrected chi connectivity index (χ4v) is 5.21. The molecular weight excluding hydrogens is 519 g/mol. The molecule has 6 nitrogen and oxygen atoms in total. The summed E-state index contributed by atoms with van der Waals surface area (Å²) in [6.07, 6.45) is 1.71. The topological polar surface area (TPSA) is 69.9 Å². The number of allylic oxidation sites excluding steroid dienone is 1. The van der Waals surface area contributed by atoms with E-state index in [9.17, 15) is 9.59 Å². The van der Waals surface area contributed by atoms with Gasteiger partial charge in [-0.1, -0.05) is 70.4 Å². The van der Waals surface area contributed by atoms with E-state index in [0.29, 0.717) is 41.2 Å². The molecule has 0 saturated carbocycles. The third-order valence-corrected chi connectivity index (χ3v) is 7.27. The predicted molar refractivity (Wildman–Crippen MR) is 135 cm³/mol. The quantitative estimate of drug-likeness (QED) is 0.346. The van der Waals surface area contributed by atoms with Crippen molar-refractivity contribution in [2.24, 2.45) is 4.99 Å². The first kappa shape index (κ1) is 24.7. The molecule has 1 unspecified atom stereocenters. The summed E-state index contributed by atoms with van der Waals surface area (Å²) in [4.78, 5) is 31.7. The first-order valence-electron chi connectivity index (χ1n) is 10.2. The summed E-state index contributed by atoms with van der Waals surface area (Å²) in [5.74, 6) is -0.581. The van der Waals surface area contributed by atoms with Crippen molar-refractivity contribution < 1.29 is 14.3 Å². The number of hydrogen-bond donors (Lipinski definition) is 0. The lowest BCUT2D eigenvalue weighted by atomic mass is 9.96. The molecule has 0 aliphatic carbocycles. The van der Waals surface area contributed by atoms with Crippen LogP contribution in [0.2, 0.25) is 15.1 Å². The second-order valence-corrected chi connectivity index (χ2v) is 9.64. The van der Waals surface area contributed by atoms with E-state index >= 15 is 0 Å². The number of carbonyl (C=O) groups excluding carboxylic acids is 1. The van der Waals surface area contributed by atoms with Crippen LogP contribution in [0.5, 0.6) is 0 Å². The molecular formula is C24H19Cl3N2O4S. The van der Waals surface area contributed by atoms with Crippen molar-refractivity contribution in [3.05, 3.63) is 99.6 Å². The molecule has 34 heavy (non-hydrogen) atoms. The van der Waals surface area contributed by atoms with Crippen molar-refractivity contribution in [2.45, 2.75) is 13.0 Å². The lowest BCUT2D eigenvalue weighted by Gasteiger charge is -2.25. The highest BCUT2D eigenvalue weighted by Gasteiger charge is 2.34. The average molecular weight is 538 g/mol. The van der Waals surface area contributed by atoms with Gasteiger partial charge in [-0.2, -0.15) is 0 Å². The third-order valence-electron chi connectivity index (χ3n) is 5.20. The molecule has 4 rings (SSSR count). The van der Waals surface area contributed by atoms with Gasteiger partial charge in [-0.3, -0.25) is 9.36 Å². The van der Waals surface area contributed by atoms with Crippen LogP contribution in [0.3, 0.4) is 0 Å². The van der Waals surface area contributed by atoms with Crippen LogP contribution in [0.15, 0.2) is 63.5 Å². The zero-order valence-corrected chi connectivity index (χ0v) is 21.3. The maximum atomic E-state index is 13.6. The fraction of sp³-hybridized carbons (Fsp3) is 0.208. The van der Waals surface area contributed by atoms with Gasteiger partial charge in [0.2, 0.25) is 0 Å². The van der Waals surface area contributed by atoms with Gasteiger partial charge in [0, 0.05) is 12.1 Å². The third kappa shape index (κ3) is 4.85. The van der Waals surface area contributed by atoms with Gasteiger partial charge in [0.1, 0.15) is 12.6 Å². The molecule has 2 aromatic carbocycles. The number of halogens is 3. The maximum Gasteiger partial charge on any atom is 0.338 e. The van der Waals surface area contributed by atoms with Gasteiger partial charge >= 0.3 is 5.97 Å². The number of carbonyl (C=O) groups is 1. The van der Waals surface area contributed by atoms with Gasteiger partial charge in [-0.15, -0.1) is 0 Å². The van der Waals surface area contributed by atoms with E-state index in [1.54, 1.807) is 55.5 Å². The van der Waals surface area contributed by atoms with Crippen LogP contribution in [0.1, 0.15) is 24.1 Å². The number of esters is 1. The Labute approximate surface area is 214 Å². The number of aromatic nitrogens is 1. The summed E-state index contributed by atoms with van der Waals surface area (Å²) in [7, 11) is 1.52. The van der Waals surface area contributed by atoms with E-state index in [-0.39, 0.29) is 24.3 Å². The second-order valence-electron chi connectivity index (χ2n) is 7.41. The molecule has 0 N–H and O–H groups in total. The van der Waals surface area contributed by atoms with Gasteiger partial charge < -0.3 is 9.47 Å². The van der Waals surface area contributed by atoms with Crippen LogP contribution >= 0.6 is 46.1 Å². The molecule has 0 bridgehead atoms. The Morgan fingerprint density at radius 2 is 1.88 bits per heavy atom.